The Morgan fingerprint density at radius 3 is 2.81 bits per heavy atom. The van der Waals surface area contributed by atoms with Crippen molar-refractivity contribution in [2.45, 2.75) is 19.9 Å². The van der Waals surface area contributed by atoms with Crippen LogP contribution >= 0.6 is 11.3 Å². The first kappa shape index (κ1) is 13.0. The molecule has 0 bridgehead atoms. The Hall–Kier alpha value is -1.07. The quantitative estimate of drug-likeness (QED) is 0.819. The molecule has 16 heavy (non-hydrogen) atoms. The topological polar surface area (TPSA) is 58.4 Å². The van der Waals surface area contributed by atoms with Crippen molar-refractivity contribution < 1.29 is 4.79 Å². The molecule has 0 saturated carbocycles. The molecule has 0 fully saturated rings. The predicted octanol–water partition coefficient (Wildman–Crippen LogP) is 1.40. The molecule has 90 valence electrons. The van der Waals surface area contributed by atoms with Gasteiger partial charge in [0.2, 0.25) is 0 Å². The van der Waals surface area contributed by atoms with Gasteiger partial charge < -0.3 is 16.0 Å². The normalized spacial score (nSPS) is 11.1. The fourth-order valence-corrected chi connectivity index (χ4v) is 1.92. The lowest BCUT2D eigenvalue weighted by molar-refractivity contribution is 0.0953. The number of rotatable bonds is 5. The Kier molecular flexibility index (Phi) is 4.76. The van der Waals surface area contributed by atoms with Gasteiger partial charge in [0.05, 0.1) is 5.69 Å². The van der Waals surface area contributed by atoms with E-state index in [1.165, 1.54) is 11.3 Å². The average Bonchev–Trinajstić information content (AvgIpc) is 2.64. The van der Waals surface area contributed by atoms with Crippen LogP contribution in [0.3, 0.4) is 0 Å². The van der Waals surface area contributed by atoms with Crippen LogP contribution in [0.25, 0.3) is 0 Å². The zero-order chi connectivity index (χ0) is 12.1. The first-order valence-electron chi connectivity index (χ1n) is 5.33. The number of thiophene rings is 1. The third-order valence-electron chi connectivity index (χ3n) is 2.53. The number of hydrogen-bond donors (Lipinski definition) is 2. The molecule has 1 rings (SSSR count). The summed E-state index contributed by atoms with van der Waals surface area (Å²) >= 11 is 1.37. The highest BCUT2D eigenvalue weighted by Gasteiger charge is 2.10. The molecule has 0 aliphatic carbocycles. The second-order valence-corrected chi connectivity index (χ2v) is 4.95. The zero-order valence-electron chi connectivity index (χ0n) is 9.99. The number of anilines is 1. The van der Waals surface area contributed by atoms with Gasteiger partial charge in [0, 0.05) is 19.1 Å². The van der Waals surface area contributed by atoms with Gasteiger partial charge in [0.15, 0.2) is 0 Å². The van der Waals surface area contributed by atoms with Crippen molar-refractivity contribution in [2.24, 2.45) is 0 Å². The van der Waals surface area contributed by atoms with Crippen molar-refractivity contribution in [3.63, 3.8) is 0 Å². The second-order valence-electron chi connectivity index (χ2n) is 4.04. The maximum Gasteiger partial charge on any atom is 0.263 e. The van der Waals surface area contributed by atoms with Gasteiger partial charge in [-0.3, -0.25) is 4.79 Å². The van der Waals surface area contributed by atoms with E-state index in [1.54, 1.807) is 6.07 Å². The summed E-state index contributed by atoms with van der Waals surface area (Å²) in [6.45, 7) is 5.73. The molecular formula is C11H19N3OS. The molecule has 3 N–H and O–H groups in total. The number of nitrogen functional groups attached to an aromatic ring is 1. The molecule has 0 radical (unpaired) electrons. The third kappa shape index (κ3) is 3.50. The van der Waals surface area contributed by atoms with E-state index in [1.807, 2.05) is 12.4 Å². The van der Waals surface area contributed by atoms with Crippen molar-refractivity contribution in [3.05, 3.63) is 16.3 Å². The van der Waals surface area contributed by atoms with Gasteiger partial charge in [-0.2, -0.15) is 0 Å². The number of hydrogen-bond acceptors (Lipinski definition) is 4. The molecule has 0 atom stereocenters. The number of nitrogens with two attached hydrogens (primary N) is 1. The molecule has 1 amide bonds. The lowest BCUT2D eigenvalue weighted by atomic mass is 10.3. The van der Waals surface area contributed by atoms with Crippen LogP contribution in [-0.4, -0.2) is 37.0 Å². The Bertz CT molecular complexity index is 349. The molecule has 1 aromatic rings. The van der Waals surface area contributed by atoms with Gasteiger partial charge in [-0.05, 0) is 32.3 Å². The average molecular weight is 241 g/mol. The molecule has 0 saturated heterocycles. The van der Waals surface area contributed by atoms with E-state index in [0.717, 1.165) is 6.54 Å². The molecule has 5 heteroatoms. The van der Waals surface area contributed by atoms with Gasteiger partial charge in [-0.1, -0.05) is 0 Å². The summed E-state index contributed by atoms with van der Waals surface area (Å²) in [6, 6.07) is 2.24. The Morgan fingerprint density at radius 1 is 1.62 bits per heavy atom. The van der Waals surface area contributed by atoms with Gasteiger partial charge >= 0.3 is 0 Å². The SMILES string of the molecule is CC(C)N(C)CCNC(=O)c1sccc1N. The lowest BCUT2D eigenvalue weighted by Gasteiger charge is -2.20. The van der Waals surface area contributed by atoms with Crippen LogP contribution < -0.4 is 11.1 Å². The van der Waals surface area contributed by atoms with E-state index in [4.69, 9.17) is 5.73 Å². The predicted molar refractivity (Wildman–Crippen MR) is 68.8 cm³/mol. The summed E-state index contributed by atoms with van der Waals surface area (Å²) in [7, 11) is 2.04. The number of nitrogens with one attached hydrogen (secondary N) is 1. The summed E-state index contributed by atoms with van der Waals surface area (Å²) in [5.41, 5.74) is 6.22. The fraction of sp³-hybridized carbons (Fsp3) is 0.545. The van der Waals surface area contributed by atoms with E-state index in [-0.39, 0.29) is 5.91 Å². The van der Waals surface area contributed by atoms with Gasteiger partial charge in [0.1, 0.15) is 4.88 Å². The molecule has 0 aliphatic rings. The van der Waals surface area contributed by atoms with Gasteiger partial charge in [0.25, 0.3) is 5.91 Å². The van der Waals surface area contributed by atoms with E-state index in [9.17, 15) is 4.79 Å². The van der Waals surface area contributed by atoms with Crippen molar-refractivity contribution in [2.75, 3.05) is 25.9 Å². The van der Waals surface area contributed by atoms with Crippen LogP contribution in [0.4, 0.5) is 5.69 Å². The summed E-state index contributed by atoms with van der Waals surface area (Å²) < 4.78 is 0. The third-order valence-corrected chi connectivity index (χ3v) is 3.46. The van der Waals surface area contributed by atoms with E-state index >= 15 is 0 Å². The van der Waals surface area contributed by atoms with Crippen molar-refractivity contribution in [1.29, 1.82) is 0 Å². The molecule has 0 unspecified atom stereocenters. The standard InChI is InChI=1S/C11H19N3OS/c1-8(2)14(3)6-5-13-11(15)10-9(12)4-7-16-10/h4,7-8H,5-6,12H2,1-3H3,(H,13,15). The van der Waals surface area contributed by atoms with Gasteiger partial charge in [-0.15, -0.1) is 11.3 Å². The maximum absolute atomic E-state index is 11.7. The number of carbonyl (C=O) groups excluding carboxylic acids is 1. The van der Waals surface area contributed by atoms with Crippen LogP contribution in [0.2, 0.25) is 0 Å². The van der Waals surface area contributed by atoms with Crippen LogP contribution in [0.5, 0.6) is 0 Å². The first-order chi connectivity index (χ1) is 7.52. The minimum atomic E-state index is -0.0790. The van der Waals surface area contributed by atoms with Crippen LogP contribution in [-0.2, 0) is 0 Å². The Morgan fingerprint density at radius 2 is 2.31 bits per heavy atom. The maximum atomic E-state index is 11.7. The Balaban J connectivity index is 2.34. The van der Waals surface area contributed by atoms with Crippen molar-refractivity contribution >= 4 is 22.9 Å². The van der Waals surface area contributed by atoms with Crippen molar-refractivity contribution in [1.82, 2.24) is 10.2 Å². The molecule has 0 aliphatic heterocycles. The molecule has 1 aromatic heterocycles. The van der Waals surface area contributed by atoms with Crippen LogP contribution in [0, 0.1) is 0 Å². The summed E-state index contributed by atoms with van der Waals surface area (Å²) in [6.07, 6.45) is 0. The highest BCUT2D eigenvalue weighted by atomic mass is 32.1. The van der Waals surface area contributed by atoms with E-state index in [0.29, 0.717) is 23.2 Å². The fourth-order valence-electron chi connectivity index (χ4n) is 1.19. The number of carbonyl (C=O) groups is 1. The molecular weight excluding hydrogens is 222 g/mol. The summed E-state index contributed by atoms with van der Waals surface area (Å²) in [5.74, 6) is -0.0790. The van der Waals surface area contributed by atoms with Crippen LogP contribution in [0.15, 0.2) is 11.4 Å². The lowest BCUT2D eigenvalue weighted by Crippen LogP contribution is -2.36. The summed E-state index contributed by atoms with van der Waals surface area (Å²) in [4.78, 5) is 14.5. The molecule has 4 nitrogen and oxygen atoms in total. The molecule has 0 spiro atoms. The van der Waals surface area contributed by atoms with Crippen LogP contribution in [0.1, 0.15) is 23.5 Å². The monoisotopic (exact) mass is 241 g/mol. The van der Waals surface area contributed by atoms with Crippen molar-refractivity contribution in [3.8, 4) is 0 Å². The Labute approximate surface area is 100 Å². The minimum absolute atomic E-state index is 0.0790. The molecule has 0 aromatic carbocycles. The zero-order valence-corrected chi connectivity index (χ0v) is 10.8. The number of amides is 1. The highest BCUT2D eigenvalue weighted by molar-refractivity contribution is 7.12. The van der Waals surface area contributed by atoms with E-state index in [2.05, 4.69) is 24.1 Å². The highest BCUT2D eigenvalue weighted by Crippen LogP contribution is 2.17. The number of likely N-dealkylation sites (N-methyl/N-ethyl adjacent to an activating group) is 1. The van der Waals surface area contributed by atoms with E-state index < -0.39 is 0 Å². The summed E-state index contributed by atoms with van der Waals surface area (Å²) in [5, 5.41) is 4.69. The second kappa shape index (κ2) is 5.86. The minimum Gasteiger partial charge on any atom is -0.397 e. The number of nitrogens with zero attached hydrogens (tertiary/aromatic N) is 1. The van der Waals surface area contributed by atoms with Gasteiger partial charge in [-0.25, -0.2) is 0 Å². The smallest absolute Gasteiger partial charge is 0.263 e. The first-order valence-corrected chi connectivity index (χ1v) is 6.21. The molecule has 1 heterocycles. The largest absolute Gasteiger partial charge is 0.397 e.